The Kier molecular flexibility index (Phi) is 10.1. The summed E-state index contributed by atoms with van der Waals surface area (Å²) in [6.45, 7) is 2.24. The molecule has 0 unspecified atom stereocenters. The lowest BCUT2D eigenvalue weighted by molar-refractivity contribution is 0.0619. The van der Waals surface area contributed by atoms with Gasteiger partial charge < -0.3 is 40.3 Å². The Balaban J connectivity index is 0.000000600. The molecule has 12 nitrogen and oxygen atoms in total. The monoisotopic (exact) mass is 575 g/mol. The molecule has 0 amide bonds. The maximum absolute atomic E-state index is 6.11. The molecule has 0 spiro atoms. The van der Waals surface area contributed by atoms with E-state index in [0.717, 1.165) is 60.2 Å². The first-order valence-electron chi connectivity index (χ1n) is 13.7. The van der Waals surface area contributed by atoms with Crippen LogP contribution in [-0.4, -0.2) is 66.1 Å². The lowest BCUT2D eigenvalue weighted by Crippen LogP contribution is -2.28. The van der Waals surface area contributed by atoms with Gasteiger partial charge in [0.2, 0.25) is 11.8 Å². The van der Waals surface area contributed by atoms with Gasteiger partial charge in [0.1, 0.15) is 17.0 Å². The van der Waals surface area contributed by atoms with Crippen LogP contribution >= 0.6 is 0 Å². The highest BCUT2D eigenvalue weighted by molar-refractivity contribution is 6.05. The average molecular weight is 576 g/mol. The Morgan fingerprint density at radius 3 is 2.05 bits per heavy atom. The van der Waals surface area contributed by atoms with Gasteiger partial charge in [0, 0.05) is 51.0 Å². The Morgan fingerprint density at radius 2 is 1.50 bits per heavy atom. The van der Waals surface area contributed by atoms with E-state index in [1.807, 2.05) is 54.6 Å². The average Bonchev–Trinajstić information content (AvgIpc) is 3.30. The fraction of sp³-hybridized carbons (Fsp3) is 0.333. The van der Waals surface area contributed by atoms with E-state index in [2.05, 4.69) is 4.57 Å². The van der Waals surface area contributed by atoms with Crippen LogP contribution in [-0.2, 0) is 20.8 Å². The number of hydrogen-bond donors (Lipinski definition) is 4. The van der Waals surface area contributed by atoms with Gasteiger partial charge >= 0.3 is 0 Å². The number of pyridine rings is 2. The number of ether oxygens (including phenoxy) is 3. The second-order valence-corrected chi connectivity index (χ2v) is 10.0. The minimum absolute atomic E-state index is 0.176. The molecule has 0 bridgehead atoms. The van der Waals surface area contributed by atoms with Crippen LogP contribution in [0.25, 0.3) is 33.5 Å². The summed E-state index contributed by atoms with van der Waals surface area (Å²) in [6.07, 6.45) is 3.67. The van der Waals surface area contributed by atoms with Gasteiger partial charge in [-0.2, -0.15) is 0 Å². The molecule has 1 aliphatic rings. The molecule has 4 aromatic rings. The van der Waals surface area contributed by atoms with Crippen LogP contribution in [0.2, 0.25) is 0 Å². The minimum Gasteiger partial charge on any atom is -0.481 e. The van der Waals surface area contributed by atoms with Gasteiger partial charge in [-0.15, -0.1) is 0 Å². The molecule has 0 radical (unpaired) electrons. The number of hydrogen-bond acceptors (Lipinski definition) is 11. The Morgan fingerprint density at radius 1 is 0.929 bits per heavy atom. The largest absolute Gasteiger partial charge is 0.481 e. The van der Waals surface area contributed by atoms with Crippen molar-refractivity contribution in [1.82, 2.24) is 24.6 Å². The molecule has 12 heteroatoms. The quantitative estimate of drug-likeness (QED) is 0.138. The topological polar surface area (TPSA) is 169 Å². The van der Waals surface area contributed by atoms with Crippen molar-refractivity contribution in [3.8, 4) is 0 Å². The Hall–Kier alpha value is -4.52. The normalized spacial score (nSPS) is 14.9. The third-order valence-corrected chi connectivity index (χ3v) is 7.12. The fourth-order valence-corrected chi connectivity index (χ4v) is 5.03. The van der Waals surface area contributed by atoms with Gasteiger partial charge in [0.05, 0.1) is 30.9 Å². The lowest BCUT2D eigenvalue weighted by Gasteiger charge is -2.23. The third-order valence-electron chi connectivity index (χ3n) is 7.12. The second-order valence-electron chi connectivity index (χ2n) is 10.0. The van der Waals surface area contributed by atoms with Crippen LogP contribution in [0.1, 0.15) is 24.1 Å². The molecule has 224 valence electrons. The van der Waals surface area contributed by atoms with E-state index in [1.54, 1.807) is 20.3 Å². The number of rotatable bonds is 8. The summed E-state index contributed by atoms with van der Waals surface area (Å²) in [6, 6.07) is 17.9. The predicted octanol–water partition coefficient (Wildman–Crippen LogP) is 2.77. The molecule has 1 aromatic carbocycles. The molecular weight excluding hydrogens is 534 g/mol. The van der Waals surface area contributed by atoms with Crippen molar-refractivity contribution in [2.24, 2.45) is 29.1 Å². The highest BCUT2D eigenvalue weighted by Gasteiger charge is 2.23. The van der Waals surface area contributed by atoms with Crippen molar-refractivity contribution in [3.63, 3.8) is 0 Å². The predicted molar refractivity (Wildman–Crippen MR) is 165 cm³/mol. The molecule has 0 saturated carbocycles. The molecular formula is C30H41N9O3. The van der Waals surface area contributed by atoms with Crippen LogP contribution in [0.15, 0.2) is 72.6 Å². The summed E-state index contributed by atoms with van der Waals surface area (Å²) in [4.78, 5) is 9.78. The summed E-state index contributed by atoms with van der Waals surface area (Å²) < 4.78 is 18.3. The van der Waals surface area contributed by atoms with E-state index in [0.29, 0.717) is 23.0 Å². The zero-order valence-corrected chi connectivity index (χ0v) is 24.7. The van der Waals surface area contributed by atoms with E-state index in [-0.39, 0.29) is 11.8 Å². The van der Waals surface area contributed by atoms with Crippen molar-refractivity contribution in [3.05, 3.63) is 83.8 Å². The van der Waals surface area contributed by atoms with Gasteiger partial charge in [-0.1, -0.05) is 36.4 Å². The molecule has 0 atom stereocenters. The molecule has 0 aliphatic carbocycles. The molecule has 5 rings (SSSR count). The van der Waals surface area contributed by atoms with Crippen LogP contribution in [0, 0.1) is 5.92 Å². The summed E-state index contributed by atoms with van der Waals surface area (Å²) >= 11 is 0. The standard InChI is InChI=1S/C24H35N9O3.C6H6/c1-31(27)20(22(25)34-3)15-11-18-19(29-12-15)16-5-6-17(21(32(2)28)23(26)35-4)30-24(16)33(18)13-14-7-9-36-10-8-14;1-2-4-6-5-3-1/h5-6,11-12,14H,7-10,13,25-28H2,1-4H3;1-6H/b22-20+,23-21+;. The number of nitrogens with two attached hydrogens (primary N) is 4. The summed E-state index contributed by atoms with van der Waals surface area (Å²) in [7, 11) is 6.39. The minimum atomic E-state index is 0.176. The number of hydrazine groups is 2. The van der Waals surface area contributed by atoms with E-state index in [1.165, 1.54) is 24.2 Å². The van der Waals surface area contributed by atoms with Crippen molar-refractivity contribution in [2.45, 2.75) is 19.4 Å². The highest BCUT2D eigenvalue weighted by atomic mass is 16.5. The van der Waals surface area contributed by atoms with Crippen LogP contribution in [0.5, 0.6) is 0 Å². The van der Waals surface area contributed by atoms with Crippen molar-refractivity contribution >= 4 is 33.5 Å². The van der Waals surface area contributed by atoms with E-state index in [9.17, 15) is 0 Å². The summed E-state index contributed by atoms with van der Waals surface area (Å²) in [5.41, 5.74) is 17.0. The van der Waals surface area contributed by atoms with Gasteiger partial charge in [0.15, 0.2) is 0 Å². The molecule has 42 heavy (non-hydrogen) atoms. The van der Waals surface area contributed by atoms with E-state index >= 15 is 0 Å². The molecule has 1 saturated heterocycles. The highest BCUT2D eigenvalue weighted by Crippen LogP contribution is 2.32. The smallest absolute Gasteiger partial charge is 0.211 e. The Bertz CT molecular complexity index is 1430. The third kappa shape index (κ3) is 6.68. The van der Waals surface area contributed by atoms with Gasteiger partial charge in [-0.25, -0.2) is 16.7 Å². The zero-order chi connectivity index (χ0) is 30.2. The number of methoxy groups -OCH3 is 2. The SMILES string of the molecule is CO/C(N)=C(\c1cnc2c3ccc(/C(=C(/N)OC)N(C)N)nc3n(CC3CCOCC3)c2c1)N(C)N.c1ccccc1. The fourth-order valence-electron chi connectivity index (χ4n) is 5.03. The molecule has 1 aliphatic heterocycles. The first-order chi connectivity index (χ1) is 20.3. The zero-order valence-electron chi connectivity index (χ0n) is 24.7. The molecule has 3 aromatic heterocycles. The number of aromatic nitrogens is 3. The molecule has 1 fully saturated rings. The van der Waals surface area contributed by atoms with Crippen LogP contribution in [0.4, 0.5) is 0 Å². The number of fused-ring (bicyclic) bond motifs is 3. The summed E-state index contributed by atoms with van der Waals surface area (Å²) in [5.74, 6) is 13.0. The van der Waals surface area contributed by atoms with Crippen molar-refractivity contribution in [2.75, 3.05) is 41.5 Å². The molecule has 8 N–H and O–H groups in total. The van der Waals surface area contributed by atoms with Crippen LogP contribution < -0.4 is 23.2 Å². The van der Waals surface area contributed by atoms with Crippen molar-refractivity contribution in [1.29, 1.82) is 0 Å². The second kappa shape index (κ2) is 13.9. The Labute approximate surface area is 246 Å². The van der Waals surface area contributed by atoms with Crippen LogP contribution in [0.3, 0.4) is 0 Å². The maximum Gasteiger partial charge on any atom is 0.211 e. The van der Waals surface area contributed by atoms with Gasteiger partial charge in [-0.3, -0.25) is 4.98 Å². The number of benzene rings is 1. The number of nitrogens with zero attached hydrogens (tertiary/aromatic N) is 5. The summed E-state index contributed by atoms with van der Waals surface area (Å²) in [5, 5.41) is 3.73. The van der Waals surface area contributed by atoms with Gasteiger partial charge in [0.25, 0.3) is 0 Å². The molecule has 4 heterocycles. The first kappa shape index (κ1) is 30.4. The van der Waals surface area contributed by atoms with Crippen molar-refractivity contribution < 1.29 is 14.2 Å². The first-order valence-corrected chi connectivity index (χ1v) is 13.7. The van der Waals surface area contributed by atoms with Gasteiger partial charge in [-0.05, 0) is 37.0 Å². The lowest BCUT2D eigenvalue weighted by atomic mass is 10.0. The van der Waals surface area contributed by atoms with E-state index in [4.69, 9.17) is 47.3 Å². The maximum atomic E-state index is 6.11. The van der Waals surface area contributed by atoms with E-state index < -0.39 is 0 Å².